The fraction of sp³-hybridized carbons (Fsp3) is 0.750. The highest BCUT2D eigenvalue weighted by Gasteiger charge is 1.90. The molecule has 9 heavy (non-hydrogen) atoms. The predicted molar refractivity (Wildman–Crippen MR) is 38.4 cm³/mol. The fourth-order valence-electron chi connectivity index (χ4n) is 0.980. The lowest BCUT2D eigenvalue weighted by molar-refractivity contribution is 0.158. The second-order valence-corrected chi connectivity index (χ2v) is 2.40. The molecule has 1 aliphatic heterocycles. The van der Waals surface area contributed by atoms with Crippen molar-refractivity contribution in [3.8, 4) is 0 Å². The zero-order chi connectivity index (χ0) is 6.36. The van der Waals surface area contributed by atoms with Crippen LogP contribution in [0.25, 0.3) is 0 Å². The number of hydrogen-bond acceptors (Lipinski definition) is 1. The Morgan fingerprint density at radius 1 is 1.00 bits per heavy atom. The van der Waals surface area contributed by atoms with Crippen molar-refractivity contribution in [1.82, 2.24) is 0 Å². The van der Waals surface area contributed by atoms with Crippen LogP contribution in [0.1, 0.15) is 25.7 Å². The van der Waals surface area contributed by atoms with E-state index in [0.29, 0.717) is 0 Å². The standard InChI is InChI=1S/C8H14O/c1-2-4-6-8-9-7-5-3-1/h3,5H,1-2,4,6-8H2. The predicted octanol–water partition coefficient (Wildman–Crippen LogP) is 2.13. The summed E-state index contributed by atoms with van der Waals surface area (Å²) in [5, 5.41) is 0. The summed E-state index contributed by atoms with van der Waals surface area (Å²) in [6.45, 7) is 1.77. The van der Waals surface area contributed by atoms with Crippen molar-refractivity contribution in [1.29, 1.82) is 0 Å². The first-order chi connectivity index (χ1) is 4.50. The lowest BCUT2D eigenvalue weighted by atomic mass is 10.2. The van der Waals surface area contributed by atoms with E-state index in [4.69, 9.17) is 4.74 Å². The molecule has 1 nitrogen and oxygen atoms in total. The molecule has 0 atom stereocenters. The fourth-order valence-corrected chi connectivity index (χ4v) is 0.980. The maximum atomic E-state index is 5.27. The highest BCUT2D eigenvalue weighted by Crippen LogP contribution is 2.02. The third kappa shape index (κ3) is 3.31. The van der Waals surface area contributed by atoms with E-state index in [-0.39, 0.29) is 0 Å². The first-order valence-corrected chi connectivity index (χ1v) is 3.73. The molecule has 1 heteroatoms. The largest absolute Gasteiger partial charge is 0.377 e. The molecule has 0 saturated carbocycles. The Balaban J connectivity index is 2.15. The topological polar surface area (TPSA) is 9.23 Å². The quantitative estimate of drug-likeness (QED) is 0.452. The highest BCUT2D eigenvalue weighted by atomic mass is 16.5. The van der Waals surface area contributed by atoms with Gasteiger partial charge >= 0.3 is 0 Å². The van der Waals surface area contributed by atoms with Gasteiger partial charge in [-0.25, -0.2) is 0 Å². The SMILES string of the molecule is C1=CCOCCCCC1. The Hall–Kier alpha value is -0.300. The molecule has 0 aromatic carbocycles. The first-order valence-electron chi connectivity index (χ1n) is 3.73. The Bertz CT molecular complexity index is 76.6. The summed E-state index contributed by atoms with van der Waals surface area (Å²) < 4.78 is 5.27. The van der Waals surface area contributed by atoms with Gasteiger partial charge in [0.1, 0.15) is 0 Å². The van der Waals surface area contributed by atoms with Gasteiger partial charge in [-0.3, -0.25) is 0 Å². The van der Waals surface area contributed by atoms with Crippen LogP contribution in [0.5, 0.6) is 0 Å². The van der Waals surface area contributed by atoms with Crippen molar-refractivity contribution in [2.24, 2.45) is 0 Å². The van der Waals surface area contributed by atoms with Gasteiger partial charge in [0, 0.05) is 6.61 Å². The van der Waals surface area contributed by atoms with Gasteiger partial charge in [0.2, 0.25) is 0 Å². The van der Waals surface area contributed by atoms with Gasteiger partial charge in [0.15, 0.2) is 0 Å². The van der Waals surface area contributed by atoms with Crippen LogP contribution in [0.4, 0.5) is 0 Å². The van der Waals surface area contributed by atoms with Crippen LogP contribution in [-0.4, -0.2) is 13.2 Å². The van der Waals surface area contributed by atoms with Gasteiger partial charge in [-0.05, 0) is 19.3 Å². The minimum Gasteiger partial charge on any atom is -0.377 e. The molecular formula is C8H14O. The normalized spacial score (nSPS) is 22.2. The summed E-state index contributed by atoms with van der Waals surface area (Å²) in [5.41, 5.74) is 0. The molecular weight excluding hydrogens is 112 g/mol. The molecule has 1 heterocycles. The second-order valence-electron chi connectivity index (χ2n) is 2.40. The molecule has 1 rings (SSSR count). The molecule has 0 unspecified atom stereocenters. The Morgan fingerprint density at radius 3 is 3.00 bits per heavy atom. The highest BCUT2D eigenvalue weighted by molar-refractivity contribution is 4.81. The maximum Gasteiger partial charge on any atom is 0.0647 e. The van der Waals surface area contributed by atoms with Gasteiger partial charge in [-0.1, -0.05) is 18.6 Å². The third-order valence-electron chi connectivity index (χ3n) is 1.54. The first kappa shape index (κ1) is 6.81. The lowest BCUT2D eigenvalue weighted by Gasteiger charge is -1.96. The van der Waals surface area contributed by atoms with Crippen molar-refractivity contribution in [3.05, 3.63) is 12.2 Å². The van der Waals surface area contributed by atoms with Crippen molar-refractivity contribution in [2.45, 2.75) is 25.7 Å². The molecule has 0 amide bonds. The summed E-state index contributed by atoms with van der Waals surface area (Å²) in [5.74, 6) is 0. The van der Waals surface area contributed by atoms with E-state index in [2.05, 4.69) is 12.2 Å². The van der Waals surface area contributed by atoms with Crippen LogP contribution in [0.2, 0.25) is 0 Å². The van der Waals surface area contributed by atoms with Crippen LogP contribution in [-0.2, 0) is 4.74 Å². The van der Waals surface area contributed by atoms with E-state index >= 15 is 0 Å². The molecule has 52 valence electrons. The Labute approximate surface area is 56.7 Å². The Kier molecular flexibility index (Phi) is 3.46. The average Bonchev–Trinajstić information content (AvgIpc) is 2.00. The van der Waals surface area contributed by atoms with Crippen LogP contribution in [0, 0.1) is 0 Å². The summed E-state index contributed by atoms with van der Waals surface area (Å²) >= 11 is 0. The molecule has 0 radical (unpaired) electrons. The van der Waals surface area contributed by atoms with Crippen molar-refractivity contribution >= 4 is 0 Å². The van der Waals surface area contributed by atoms with Crippen molar-refractivity contribution < 1.29 is 4.74 Å². The van der Waals surface area contributed by atoms with E-state index < -0.39 is 0 Å². The van der Waals surface area contributed by atoms with Gasteiger partial charge in [-0.2, -0.15) is 0 Å². The molecule has 0 aliphatic carbocycles. The van der Waals surface area contributed by atoms with Crippen molar-refractivity contribution in [2.75, 3.05) is 13.2 Å². The number of hydrogen-bond donors (Lipinski definition) is 0. The molecule has 0 fully saturated rings. The minimum absolute atomic E-state index is 0.819. The van der Waals surface area contributed by atoms with Crippen LogP contribution >= 0.6 is 0 Å². The third-order valence-corrected chi connectivity index (χ3v) is 1.54. The van der Waals surface area contributed by atoms with E-state index in [9.17, 15) is 0 Å². The molecule has 0 aromatic rings. The molecule has 1 aliphatic rings. The maximum absolute atomic E-state index is 5.27. The smallest absolute Gasteiger partial charge is 0.0647 e. The summed E-state index contributed by atoms with van der Waals surface area (Å²) in [7, 11) is 0. The monoisotopic (exact) mass is 126 g/mol. The molecule has 0 bridgehead atoms. The van der Waals surface area contributed by atoms with E-state index in [1.807, 2.05) is 0 Å². The van der Waals surface area contributed by atoms with Gasteiger partial charge < -0.3 is 4.74 Å². The Morgan fingerprint density at radius 2 is 2.00 bits per heavy atom. The summed E-state index contributed by atoms with van der Waals surface area (Å²) in [6, 6.07) is 0. The summed E-state index contributed by atoms with van der Waals surface area (Å²) in [4.78, 5) is 0. The lowest BCUT2D eigenvalue weighted by Crippen LogP contribution is -1.92. The number of allylic oxidation sites excluding steroid dienone is 1. The zero-order valence-electron chi connectivity index (χ0n) is 5.81. The van der Waals surface area contributed by atoms with Crippen molar-refractivity contribution in [3.63, 3.8) is 0 Å². The van der Waals surface area contributed by atoms with Crippen LogP contribution in [0.3, 0.4) is 0 Å². The van der Waals surface area contributed by atoms with E-state index in [1.54, 1.807) is 0 Å². The minimum atomic E-state index is 0.819. The average molecular weight is 126 g/mol. The number of rotatable bonds is 0. The van der Waals surface area contributed by atoms with Crippen LogP contribution < -0.4 is 0 Å². The van der Waals surface area contributed by atoms with Gasteiger partial charge in [0.25, 0.3) is 0 Å². The van der Waals surface area contributed by atoms with E-state index in [0.717, 1.165) is 13.2 Å². The summed E-state index contributed by atoms with van der Waals surface area (Å²) in [6.07, 6.45) is 9.46. The molecule has 0 saturated heterocycles. The molecule has 0 N–H and O–H groups in total. The van der Waals surface area contributed by atoms with Gasteiger partial charge in [-0.15, -0.1) is 0 Å². The molecule has 0 aromatic heterocycles. The zero-order valence-corrected chi connectivity index (χ0v) is 5.81. The molecule has 0 spiro atoms. The van der Waals surface area contributed by atoms with E-state index in [1.165, 1.54) is 25.7 Å². The second kappa shape index (κ2) is 4.57. The van der Waals surface area contributed by atoms with Crippen LogP contribution in [0.15, 0.2) is 12.2 Å². The number of ether oxygens (including phenoxy) is 1. The van der Waals surface area contributed by atoms with Gasteiger partial charge in [0.05, 0.1) is 6.61 Å².